The zero-order valence-corrected chi connectivity index (χ0v) is 32.2. The molecule has 11 aromatic rings. The Labute approximate surface area is 345 Å². The Morgan fingerprint density at radius 3 is 1.43 bits per heavy atom. The van der Waals surface area contributed by atoms with E-state index in [9.17, 15) is 10.5 Å². The van der Waals surface area contributed by atoms with E-state index in [1.54, 1.807) is 0 Å². The predicted molar refractivity (Wildman–Crippen MR) is 242 cm³/mol. The van der Waals surface area contributed by atoms with Gasteiger partial charge < -0.3 is 9.13 Å². The Hall–Kier alpha value is -8.58. The van der Waals surface area contributed by atoms with Crippen LogP contribution in [0.2, 0.25) is 0 Å². The molecule has 0 atom stereocenters. The molecule has 6 nitrogen and oxygen atoms in total. The van der Waals surface area contributed by atoms with Crippen molar-refractivity contribution in [1.82, 2.24) is 19.1 Å². The Morgan fingerprint density at radius 1 is 0.383 bits per heavy atom. The molecule has 11 rings (SSSR count). The number of fused-ring (bicyclic) bond motifs is 7. The summed E-state index contributed by atoms with van der Waals surface area (Å²) in [5.41, 5.74) is 12.7. The number of nitriles is 2. The lowest BCUT2D eigenvalue weighted by atomic mass is 9.95. The molecule has 3 aromatic heterocycles. The minimum atomic E-state index is 0.400. The van der Waals surface area contributed by atoms with Crippen molar-refractivity contribution in [3.63, 3.8) is 0 Å². The molecule has 0 fully saturated rings. The van der Waals surface area contributed by atoms with Crippen molar-refractivity contribution in [3.05, 3.63) is 205 Å². The van der Waals surface area contributed by atoms with Crippen LogP contribution >= 0.6 is 0 Å². The van der Waals surface area contributed by atoms with Crippen LogP contribution in [-0.2, 0) is 0 Å². The molecule has 0 saturated carbocycles. The first-order valence-corrected chi connectivity index (χ1v) is 19.8. The molecular formula is C54H32N6. The van der Waals surface area contributed by atoms with Crippen molar-refractivity contribution < 1.29 is 0 Å². The minimum Gasteiger partial charge on any atom is -0.309 e. The van der Waals surface area contributed by atoms with Crippen LogP contribution in [0.15, 0.2) is 194 Å². The lowest BCUT2D eigenvalue weighted by Crippen LogP contribution is -2.01. The van der Waals surface area contributed by atoms with Crippen LogP contribution < -0.4 is 0 Å². The third-order valence-corrected chi connectivity index (χ3v) is 11.4. The number of aromatic nitrogens is 4. The van der Waals surface area contributed by atoms with Gasteiger partial charge >= 0.3 is 0 Å². The van der Waals surface area contributed by atoms with Crippen molar-refractivity contribution in [2.45, 2.75) is 0 Å². The van der Waals surface area contributed by atoms with Crippen LogP contribution in [0.3, 0.4) is 0 Å². The molecule has 0 unspecified atom stereocenters. The van der Waals surface area contributed by atoms with Gasteiger partial charge in [0.2, 0.25) is 0 Å². The average Bonchev–Trinajstić information content (AvgIpc) is 3.84. The highest BCUT2D eigenvalue weighted by molar-refractivity contribution is 6.29. The van der Waals surface area contributed by atoms with Gasteiger partial charge in [0.05, 0.1) is 45.1 Å². The van der Waals surface area contributed by atoms with Crippen molar-refractivity contribution >= 4 is 43.6 Å². The van der Waals surface area contributed by atoms with Gasteiger partial charge in [0.1, 0.15) is 11.6 Å². The monoisotopic (exact) mass is 764 g/mol. The molecule has 0 bridgehead atoms. The largest absolute Gasteiger partial charge is 0.309 e. The zero-order chi connectivity index (χ0) is 40.2. The van der Waals surface area contributed by atoms with Crippen molar-refractivity contribution in [1.29, 1.82) is 10.5 Å². The molecule has 3 heterocycles. The predicted octanol–water partition coefficient (Wildman–Crippen LogP) is 13.1. The summed E-state index contributed by atoms with van der Waals surface area (Å²) in [6, 6.07) is 70.8. The second-order valence-corrected chi connectivity index (χ2v) is 14.8. The summed E-state index contributed by atoms with van der Waals surface area (Å²) in [6.07, 6.45) is 0. The van der Waals surface area contributed by atoms with Crippen LogP contribution in [0, 0.1) is 22.7 Å². The summed E-state index contributed by atoms with van der Waals surface area (Å²) in [6.45, 7) is 0. The molecule has 60 heavy (non-hydrogen) atoms. The average molecular weight is 765 g/mol. The van der Waals surface area contributed by atoms with E-state index < -0.39 is 0 Å². The molecule has 0 saturated heterocycles. The fourth-order valence-electron chi connectivity index (χ4n) is 8.78. The van der Waals surface area contributed by atoms with Crippen molar-refractivity contribution in [3.8, 4) is 68.5 Å². The van der Waals surface area contributed by atoms with Gasteiger partial charge in [0.25, 0.3) is 0 Å². The maximum absolute atomic E-state index is 10.8. The molecule has 0 aliphatic carbocycles. The van der Waals surface area contributed by atoms with E-state index in [2.05, 4.69) is 124 Å². The van der Waals surface area contributed by atoms with Crippen LogP contribution in [0.25, 0.3) is 100 Å². The molecule has 0 N–H and O–H groups in total. The highest BCUT2D eigenvalue weighted by Gasteiger charge is 2.23. The first-order valence-electron chi connectivity index (χ1n) is 19.8. The van der Waals surface area contributed by atoms with E-state index >= 15 is 0 Å². The molecule has 6 heteroatoms. The van der Waals surface area contributed by atoms with Gasteiger partial charge in [-0.2, -0.15) is 10.5 Å². The molecule has 0 amide bonds. The second-order valence-electron chi connectivity index (χ2n) is 14.8. The number of benzene rings is 8. The quantitative estimate of drug-likeness (QED) is 0.169. The van der Waals surface area contributed by atoms with Crippen LogP contribution in [0.5, 0.6) is 0 Å². The standard InChI is InChI=1S/C54H32N6/c55-33-39-31-38(54-57-52(35-15-5-1-6-16-35)45(34-56)53(58-54)36-17-7-2-8-18-36)25-27-42(39)37-26-28-47-44(32-37)51-49(60(47)41-21-11-4-12-22-41)30-29-48-50(51)43-23-13-14-24-46(43)59(48)40-19-9-3-10-20-40/h1-32H. The molecule has 0 spiro atoms. The van der Waals surface area contributed by atoms with Gasteiger partial charge in [-0.1, -0.05) is 133 Å². The van der Waals surface area contributed by atoms with Gasteiger partial charge in [-0.3, -0.25) is 0 Å². The highest BCUT2D eigenvalue weighted by atomic mass is 15.0. The first-order chi connectivity index (χ1) is 29.7. The number of nitrogens with zero attached hydrogens (tertiary/aromatic N) is 6. The van der Waals surface area contributed by atoms with Crippen molar-refractivity contribution in [2.75, 3.05) is 0 Å². The Balaban J connectivity index is 1.14. The summed E-state index contributed by atoms with van der Waals surface area (Å²) >= 11 is 0. The third kappa shape index (κ3) is 5.48. The fraction of sp³-hybridized carbons (Fsp3) is 0. The van der Waals surface area contributed by atoms with E-state index in [0.29, 0.717) is 33.9 Å². The van der Waals surface area contributed by atoms with Gasteiger partial charge in [0, 0.05) is 49.6 Å². The zero-order valence-electron chi connectivity index (χ0n) is 32.2. The molecule has 0 aliphatic heterocycles. The number of rotatable bonds is 6. The summed E-state index contributed by atoms with van der Waals surface area (Å²) in [5.74, 6) is 0.438. The smallest absolute Gasteiger partial charge is 0.160 e. The third-order valence-electron chi connectivity index (χ3n) is 11.4. The Kier molecular flexibility index (Phi) is 8.15. The lowest BCUT2D eigenvalue weighted by molar-refractivity contribution is 1.17. The van der Waals surface area contributed by atoms with E-state index in [4.69, 9.17) is 9.97 Å². The van der Waals surface area contributed by atoms with E-state index in [1.165, 1.54) is 10.8 Å². The van der Waals surface area contributed by atoms with Crippen molar-refractivity contribution in [2.24, 2.45) is 0 Å². The van der Waals surface area contributed by atoms with Gasteiger partial charge in [-0.25, -0.2) is 9.97 Å². The number of hydrogen-bond donors (Lipinski definition) is 0. The second kappa shape index (κ2) is 14.1. The fourth-order valence-corrected chi connectivity index (χ4v) is 8.78. The summed E-state index contributed by atoms with van der Waals surface area (Å²) in [4.78, 5) is 9.97. The molecular weight excluding hydrogens is 733 g/mol. The highest BCUT2D eigenvalue weighted by Crippen LogP contribution is 2.44. The molecule has 0 radical (unpaired) electrons. The maximum Gasteiger partial charge on any atom is 0.160 e. The summed E-state index contributed by atoms with van der Waals surface area (Å²) in [5, 5.41) is 25.8. The van der Waals surface area contributed by atoms with Gasteiger partial charge in [0.15, 0.2) is 5.82 Å². The van der Waals surface area contributed by atoms with E-state index in [1.807, 2.05) is 91.0 Å². The lowest BCUT2D eigenvalue weighted by Gasteiger charge is -2.13. The van der Waals surface area contributed by atoms with Gasteiger partial charge in [-0.15, -0.1) is 0 Å². The van der Waals surface area contributed by atoms with E-state index in [0.717, 1.165) is 66.5 Å². The molecule has 8 aromatic carbocycles. The Morgan fingerprint density at radius 2 is 0.867 bits per heavy atom. The van der Waals surface area contributed by atoms with Crippen LogP contribution in [-0.4, -0.2) is 19.1 Å². The van der Waals surface area contributed by atoms with Gasteiger partial charge in [-0.05, 0) is 71.8 Å². The molecule has 0 aliphatic rings. The number of hydrogen-bond acceptors (Lipinski definition) is 4. The summed E-state index contributed by atoms with van der Waals surface area (Å²) in [7, 11) is 0. The maximum atomic E-state index is 10.8. The van der Waals surface area contributed by atoms with E-state index in [-0.39, 0.29) is 0 Å². The molecule has 278 valence electrons. The minimum absolute atomic E-state index is 0.400. The topological polar surface area (TPSA) is 83.2 Å². The Bertz CT molecular complexity index is 3480. The first kappa shape index (κ1) is 34.7. The number of para-hydroxylation sites is 3. The normalized spacial score (nSPS) is 11.3. The van der Waals surface area contributed by atoms with Crippen LogP contribution in [0.1, 0.15) is 11.1 Å². The summed E-state index contributed by atoms with van der Waals surface area (Å²) < 4.78 is 4.69. The SMILES string of the molecule is N#Cc1cc(-c2nc(-c3ccccc3)c(C#N)c(-c3ccccc3)n2)ccc1-c1ccc2c(c1)c1c3c4ccccc4n(-c4ccccc4)c3ccc1n2-c1ccccc1. The van der Waals surface area contributed by atoms with Crippen LogP contribution in [0.4, 0.5) is 0 Å².